The van der Waals surface area contributed by atoms with Gasteiger partial charge in [0.2, 0.25) is 5.88 Å². The first-order valence-electron chi connectivity index (χ1n) is 2.61. The lowest BCUT2D eigenvalue weighted by Crippen LogP contribution is -1.93. The molecule has 1 heterocycles. The summed E-state index contributed by atoms with van der Waals surface area (Å²) in [4.78, 5) is 7.63. The van der Waals surface area contributed by atoms with Crippen molar-refractivity contribution in [1.82, 2.24) is 9.97 Å². The minimum absolute atomic E-state index is 0.388. The van der Waals surface area contributed by atoms with Gasteiger partial charge in [-0.3, -0.25) is 4.98 Å². The molecule has 3 heteroatoms. The Morgan fingerprint density at radius 1 is 1.56 bits per heavy atom. The third kappa shape index (κ3) is 1.68. The van der Waals surface area contributed by atoms with E-state index in [2.05, 4.69) is 16.9 Å². The molecule has 0 aliphatic carbocycles. The molecule has 0 amide bonds. The van der Waals surface area contributed by atoms with Crippen LogP contribution in [0.5, 0.6) is 5.88 Å². The third-order valence-electron chi connectivity index (χ3n) is 0.789. The third-order valence-corrected chi connectivity index (χ3v) is 0.789. The van der Waals surface area contributed by atoms with E-state index in [9.17, 15) is 0 Å². The van der Waals surface area contributed by atoms with Crippen molar-refractivity contribution in [3.63, 3.8) is 0 Å². The predicted octanol–water partition coefficient (Wildman–Crippen LogP) is 0.689. The van der Waals surface area contributed by atoms with E-state index in [1.54, 1.807) is 18.6 Å². The van der Waals surface area contributed by atoms with Crippen LogP contribution in [-0.4, -0.2) is 16.6 Å². The average Bonchev–Trinajstić information content (AvgIpc) is 1.91. The maximum Gasteiger partial charge on any atom is 0.232 e. The van der Waals surface area contributed by atoms with Crippen molar-refractivity contribution in [3.8, 4) is 5.88 Å². The standard InChI is InChI=1S/C6H7N2O/c1-2-9-6-5-7-3-4-8-6/h3-5H,1-2H2. The topological polar surface area (TPSA) is 35.0 Å². The number of hydrogen-bond donors (Lipinski definition) is 0. The highest BCUT2D eigenvalue weighted by atomic mass is 16.5. The average molecular weight is 123 g/mol. The van der Waals surface area contributed by atoms with Crippen LogP contribution >= 0.6 is 0 Å². The molecule has 0 spiro atoms. The van der Waals surface area contributed by atoms with Gasteiger partial charge in [-0.2, -0.15) is 0 Å². The van der Waals surface area contributed by atoms with Gasteiger partial charge < -0.3 is 4.74 Å². The molecule has 0 fully saturated rings. The van der Waals surface area contributed by atoms with Crippen molar-refractivity contribution in [1.29, 1.82) is 0 Å². The van der Waals surface area contributed by atoms with Gasteiger partial charge in [-0.15, -0.1) is 0 Å². The lowest BCUT2D eigenvalue weighted by Gasteiger charge is -1.96. The Kier molecular flexibility index (Phi) is 2.01. The molecule has 0 atom stereocenters. The second kappa shape index (κ2) is 3.02. The normalized spacial score (nSPS) is 9.00. The molecule has 0 saturated carbocycles. The molecule has 9 heavy (non-hydrogen) atoms. The van der Waals surface area contributed by atoms with Crippen LogP contribution in [0, 0.1) is 6.92 Å². The maximum absolute atomic E-state index is 4.92. The van der Waals surface area contributed by atoms with Crippen LogP contribution in [0.4, 0.5) is 0 Å². The molecular formula is C6H7N2O. The molecule has 1 aromatic heterocycles. The minimum Gasteiger partial charge on any atom is -0.477 e. The molecule has 0 aromatic carbocycles. The van der Waals surface area contributed by atoms with E-state index in [4.69, 9.17) is 4.74 Å². The lowest BCUT2D eigenvalue weighted by molar-refractivity contribution is 0.345. The number of aromatic nitrogens is 2. The van der Waals surface area contributed by atoms with Gasteiger partial charge in [-0.1, -0.05) is 0 Å². The quantitative estimate of drug-likeness (QED) is 0.580. The smallest absolute Gasteiger partial charge is 0.232 e. The van der Waals surface area contributed by atoms with Crippen molar-refractivity contribution < 1.29 is 4.74 Å². The van der Waals surface area contributed by atoms with Crippen molar-refractivity contribution >= 4 is 0 Å². The Morgan fingerprint density at radius 3 is 3.00 bits per heavy atom. The molecule has 1 radical (unpaired) electrons. The molecule has 3 nitrogen and oxygen atoms in total. The summed E-state index contributed by atoms with van der Waals surface area (Å²) in [6.07, 6.45) is 4.71. The summed E-state index contributed by atoms with van der Waals surface area (Å²) in [6, 6.07) is 0. The van der Waals surface area contributed by atoms with Gasteiger partial charge in [0.05, 0.1) is 12.8 Å². The molecule has 47 valence electrons. The van der Waals surface area contributed by atoms with Crippen LogP contribution in [0.25, 0.3) is 0 Å². The highest BCUT2D eigenvalue weighted by Crippen LogP contribution is 1.98. The summed E-state index contributed by atoms with van der Waals surface area (Å²) in [5.41, 5.74) is 0. The fraction of sp³-hybridized carbons (Fsp3) is 0.167. The predicted molar refractivity (Wildman–Crippen MR) is 32.9 cm³/mol. The van der Waals surface area contributed by atoms with Crippen molar-refractivity contribution in [2.45, 2.75) is 0 Å². The fourth-order valence-electron chi connectivity index (χ4n) is 0.465. The summed E-state index contributed by atoms with van der Waals surface area (Å²) in [5.74, 6) is 0.521. The largest absolute Gasteiger partial charge is 0.477 e. The van der Waals surface area contributed by atoms with Crippen LogP contribution in [0.1, 0.15) is 0 Å². The summed E-state index contributed by atoms with van der Waals surface area (Å²) in [5, 5.41) is 0. The van der Waals surface area contributed by atoms with Crippen molar-refractivity contribution in [3.05, 3.63) is 25.5 Å². The van der Waals surface area contributed by atoms with E-state index in [1.807, 2.05) is 0 Å². The van der Waals surface area contributed by atoms with Crippen LogP contribution < -0.4 is 4.74 Å². The van der Waals surface area contributed by atoms with Gasteiger partial charge in [0.25, 0.3) is 0 Å². The first kappa shape index (κ1) is 6.01. The number of hydrogen-bond acceptors (Lipinski definition) is 3. The van der Waals surface area contributed by atoms with Gasteiger partial charge >= 0.3 is 0 Å². The van der Waals surface area contributed by atoms with Crippen LogP contribution in [0.15, 0.2) is 18.6 Å². The number of ether oxygens (including phenoxy) is 1. The monoisotopic (exact) mass is 123 g/mol. The molecule has 0 bridgehead atoms. The Bertz CT molecular complexity index is 164. The second-order valence-corrected chi connectivity index (χ2v) is 1.39. The molecule has 1 aromatic rings. The highest BCUT2D eigenvalue weighted by molar-refractivity contribution is 5.00. The first-order valence-corrected chi connectivity index (χ1v) is 2.61. The highest BCUT2D eigenvalue weighted by Gasteiger charge is 1.86. The Hall–Kier alpha value is -1.12. The van der Waals surface area contributed by atoms with E-state index >= 15 is 0 Å². The van der Waals surface area contributed by atoms with Gasteiger partial charge in [0, 0.05) is 12.4 Å². The fourth-order valence-corrected chi connectivity index (χ4v) is 0.465. The zero-order valence-electron chi connectivity index (χ0n) is 4.95. The molecule has 1 rings (SSSR count). The summed E-state index contributed by atoms with van der Waals surface area (Å²) >= 11 is 0. The maximum atomic E-state index is 4.92. The summed E-state index contributed by atoms with van der Waals surface area (Å²) in [7, 11) is 0. The van der Waals surface area contributed by atoms with Crippen LogP contribution in [0.2, 0.25) is 0 Å². The Balaban J connectivity index is 2.61. The van der Waals surface area contributed by atoms with E-state index in [1.165, 1.54) is 0 Å². The van der Waals surface area contributed by atoms with Gasteiger partial charge in [-0.05, 0) is 6.92 Å². The first-order chi connectivity index (χ1) is 4.43. The molecule has 0 N–H and O–H groups in total. The molecule has 0 aliphatic heterocycles. The van der Waals surface area contributed by atoms with E-state index in [0.29, 0.717) is 12.5 Å². The van der Waals surface area contributed by atoms with Crippen molar-refractivity contribution in [2.24, 2.45) is 0 Å². The molecule has 0 unspecified atom stereocenters. The second-order valence-electron chi connectivity index (χ2n) is 1.39. The molecule has 0 aliphatic rings. The van der Waals surface area contributed by atoms with Crippen molar-refractivity contribution in [2.75, 3.05) is 6.61 Å². The zero-order chi connectivity index (χ0) is 6.53. The Labute approximate surface area is 53.7 Å². The summed E-state index contributed by atoms with van der Waals surface area (Å²) in [6.45, 7) is 3.88. The van der Waals surface area contributed by atoms with Gasteiger partial charge in [0.1, 0.15) is 0 Å². The van der Waals surface area contributed by atoms with Gasteiger partial charge in [-0.25, -0.2) is 4.98 Å². The van der Waals surface area contributed by atoms with Crippen LogP contribution in [0.3, 0.4) is 0 Å². The SMILES string of the molecule is [CH2]COc1cnccn1. The summed E-state index contributed by atoms with van der Waals surface area (Å²) < 4.78 is 4.92. The molecular weight excluding hydrogens is 116 g/mol. The molecule has 0 saturated heterocycles. The minimum atomic E-state index is 0.388. The van der Waals surface area contributed by atoms with Gasteiger partial charge in [0.15, 0.2) is 0 Å². The van der Waals surface area contributed by atoms with Crippen LogP contribution in [-0.2, 0) is 0 Å². The zero-order valence-corrected chi connectivity index (χ0v) is 4.95. The van der Waals surface area contributed by atoms with E-state index in [-0.39, 0.29) is 0 Å². The van der Waals surface area contributed by atoms with E-state index in [0.717, 1.165) is 0 Å². The number of rotatable bonds is 2. The Morgan fingerprint density at radius 2 is 2.44 bits per heavy atom. The lowest BCUT2D eigenvalue weighted by atomic mass is 10.7. The number of nitrogens with zero attached hydrogens (tertiary/aromatic N) is 2. The van der Waals surface area contributed by atoms with E-state index < -0.39 is 0 Å².